The molecule has 0 unspecified atom stereocenters. The maximum atomic E-state index is 12.7. The molecule has 7 nitrogen and oxygen atoms in total. The van der Waals surface area contributed by atoms with Crippen molar-refractivity contribution in [3.05, 3.63) is 23.8 Å². The van der Waals surface area contributed by atoms with Crippen LogP contribution in [0.15, 0.2) is 18.2 Å². The Morgan fingerprint density at radius 1 is 1.04 bits per heavy atom. The van der Waals surface area contributed by atoms with E-state index in [1.807, 2.05) is 18.2 Å². The van der Waals surface area contributed by atoms with Crippen molar-refractivity contribution in [3.63, 3.8) is 0 Å². The molecule has 3 rings (SSSR count). The molecular formula is C19H27N3O4. The number of hydrogen-bond donors (Lipinski definition) is 0. The highest BCUT2D eigenvalue weighted by molar-refractivity contribution is 6.05. The minimum Gasteiger partial charge on any atom is -0.493 e. The van der Waals surface area contributed by atoms with E-state index in [9.17, 15) is 9.59 Å². The molecule has 0 bridgehead atoms. The van der Waals surface area contributed by atoms with Gasteiger partial charge in [0, 0.05) is 32.7 Å². The highest BCUT2D eigenvalue weighted by Crippen LogP contribution is 2.28. The summed E-state index contributed by atoms with van der Waals surface area (Å²) in [4.78, 5) is 30.9. The number of benzene rings is 1. The maximum absolute atomic E-state index is 12.7. The van der Waals surface area contributed by atoms with Gasteiger partial charge in [-0.1, -0.05) is 6.07 Å². The molecule has 2 fully saturated rings. The van der Waals surface area contributed by atoms with Crippen LogP contribution >= 0.6 is 0 Å². The smallest absolute Gasteiger partial charge is 0.247 e. The van der Waals surface area contributed by atoms with Crippen LogP contribution in [0.4, 0.5) is 0 Å². The molecule has 0 spiro atoms. The minimum absolute atomic E-state index is 0.0555. The summed E-state index contributed by atoms with van der Waals surface area (Å²) < 4.78 is 10.6. The van der Waals surface area contributed by atoms with Crippen molar-refractivity contribution in [2.24, 2.45) is 0 Å². The largest absolute Gasteiger partial charge is 0.493 e. The molecule has 2 saturated heterocycles. The van der Waals surface area contributed by atoms with E-state index in [1.165, 1.54) is 4.90 Å². The molecule has 2 aliphatic rings. The molecule has 7 heteroatoms. The van der Waals surface area contributed by atoms with Gasteiger partial charge in [-0.15, -0.1) is 0 Å². The Morgan fingerprint density at radius 2 is 1.73 bits per heavy atom. The summed E-state index contributed by atoms with van der Waals surface area (Å²) in [5.74, 6) is 1.19. The second kappa shape index (κ2) is 8.05. The highest BCUT2D eigenvalue weighted by atomic mass is 16.5. The molecule has 0 N–H and O–H groups in total. The number of likely N-dealkylation sites (N-methyl/N-ethyl adjacent to an activating group) is 1. The van der Waals surface area contributed by atoms with Crippen LogP contribution < -0.4 is 9.47 Å². The summed E-state index contributed by atoms with van der Waals surface area (Å²) in [7, 11) is 5.27. The zero-order chi connectivity index (χ0) is 18.7. The first-order valence-electron chi connectivity index (χ1n) is 9.01. The molecule has 0 radical (unpaired) electrons. The number of carbonyl (C=O) groups is 2. The average molecular weight is 361 g/mol. The van der Waals surface area contributed by atoms with E-state index in [4.69, 9.17) is 9.47 Å². The topological polar surface area (TPSA) is 62.3 Å². The summed E-state index contributed by atoms with van der Waals surface area (Å²) in [6, 6.07) is 5.38. The van der Waals surface area contributed by atoms with Crippen molar-refractivity contribution >= 4 is 11.8 Å². The third kappa shape index (κ3) is 3.83. The molecule has 2 amide bonds. The minimum atomic E-state index is -0.290. The molecular weight excluding hydrogens is 334 g/mol. The first kappa shape index (κ1) is 18.7. The third-order valence-corrected chi connectivity index (χ3v) is 5.27. The number of ether oxygens (including phenoxy) is 2. The van der Waals surface area contributed by atoms with E-state index in [1.54, 1.807) is 14.2 Å². The number of hydrogen-bond acceptors (Lipinski definition) is 6. The Kier molecular flexibility index (Phi) is 5.78. The van der Waals surface area contributed by atoms with Crippen LogP contribution in [0, 0.1) is 0 Å². The lowest BCUT2D eigenvalue weighted by Gasteiger charge is -2.35. The fourth-order valence-corrected chi connectivity index (χ4v) is 3.60. The molecule has 0 aromatic heterocycles. The van der Waals surface area contributed by atoms with Crippen LogP contribution in [0.25, 0.3) is 0 Å². The van der Waals surface area contributed by atoms with E-state index >= 15 is 0 Å². The number of rotatable bonds is 6. The SMILES string of the molecule is COc1ccc(CCN2C(=O)C[C@@H](N3CCN(C)CC3)C2=O)cc1OC. The van der Waals surface area contributed by atoms with Gasteiger partial charge in [0.05, 0.1) is 26.7 Å². The average Bonchev–Trinajstić information content (AvgIpc) is 2.94. The predicted octanol–water partition coefficient (Wildman–Crippen LogP) is 0.621. The lowest BCUT2D eigenvalue weighted by atomic mass is 10.1. The van der Waals surface area contributed by atoms with Gasteiger partial charge in [0.1, 0.15) is 0 Å². The summed E-state index contributed by atoms with van der Waals surface area (Å²) in [5, 5.41) is 0. The summed E-state index contributed by atoms with van der Waals surface area (Å²) in [6.45, 7) is 3.94. The molecule has 2 aliphatic heterocycles. The lowest BCUT2D eigenvalue weighted by Crippen LogP contribution is -2.51. The Morgan fingerprint density at radius 3 is 2.38 bits per heavy atom. The molecule has 0 saturated carbocycles. The van der Waals surface area contributed by atoms with Crippen molar-refractivity contribution in [2.45, 2.75) is 18.9 Å². The molecule has 2 heterocycles. The van der Waals surface area contributed by atoms with E-state index in [2.05, 4.69) is 16.8 Å². The van der Waals surface area contributed by atoms with Crippen LogP contribution in [0.1, 0.15) is 12.0 Å². The Hall–Kier alpha value is -2.12. The van der Waals surface area contributed by atoms with Gasteiger partial charge in [-0.2, -0.15) is 0 Å². The second-order valence-electron chi connectivity index (χ2n) is 6.88. The summed E-state index contributed by atoms with van der Waals surface area (Å²) >= 11 is 0. The standard InChI is InChI=1S/C19H27N3O4/c1-20-8-10-21(11-9-20)15-13-18(23)22(19(15)24)7-6-14-4-5-16(25-2)17(12-14)26-3/h4-5,12,15H,6-11,13H2,1-3H3/t15-/m1/s1. The molecule has 0 aliphatic carbocycles. The zero-order valence-electron chi connectivity index (χ0n) is 15.7. The molecule has 26 heavy (non-hydrogen) atoms. The van der Waals surface area contributed by atoms with Crippen LogP contribution in [-0.2, 0) is 16.0 Å². The normalized spacial score (nSPS) is 22.1. The van der Waals surface area contributed by atoms with E-state index in [0.717, 1.165) is 31.7 Å². The summed E-state index contributed by atoms with van der Waals surface area (Å²) in [6.07, 6.45) is 0.905. The number of piperazine rings is 1. The van der Waals surface area contributed by atoms with Gasteiger partial charge in [0.2, 0.25) is 11.8 Å². The maximum Gasteiger partial charge on any atom is 0.247 e. The van der Waals surface area contributed by atoms with Gasteiger partial charge in [0.25, 0.3) is 0 Å². The van der Waals surface area contributed by atoms with Gasteiger partial charge in [-0.05, 0) is 31.2 Å². The second-order valence-corrected chi connectivity index (χ2v) is 6.88. The quantitative estimate of drug-likeness (QED) is 0.693. The van der Waals surface area contributed by atoms with Crippen molar-refractivity contribution < 1.29 is 19.1 Å². The van der Waals surface area contributed by atoms with Gasteiger partial charge < -0.3 is 14.4 Å². The molecule has 1 aromatic carbocycles. The van der Waals surface area contributed by atoms with Crippen LogP contribution in [0.3, 0.4) is 0 Å². The van der Waals surface area contributed by atoms with Crippen molar-refractivity contribution in [2.75, 3.05) is 54.0 Å². The van der Waals surface area contributed by atoms with Crippen molar-refractivity contribution in [3.8, 4) is 11.5 Å². The van der Waals surface area contributed by atoms with Crippen LogP contribution in [0.2, 0.25) is 0 Å². The van der Waals surface area contributed by atoms with Crippen molar-refractivity contribution in [1.82, 2.24) is 14.7 Å². The fourth-order valence-electron chi connectivity index (χ4n) is 3.60. The number of carbonyl (C=O) groups excluding carboxylic acids is 2. The predicted molar refractivity (Wildman–Crippen MR) is 97.4 cm³/mol. The van der Waals surface area contributed by atoms with E-state index in [-0.39, 0.29) is 17.9 Å². The van der Waals surface area contributed by atoms with E-state index in [0.29, 0.717) is 30.9 Å². The number of likely N-dealkylation sites (tertiary alicyclic amines) is 1. The van der Waals surface area contributed by atoms with Crippen molar-refractivity contribution in [1.29, 1.82) is 0 Å². The van der Waals surface area contributed by atoms with Gasteiger partial charge in [-0.3, -0.25) is 19.4 Å². The Labute approximate surface area is 154 Å². The van der Waals surface area contributed by atoms with Gasteiger partial charge in [0.15, 0.2) is 11.5 Å². The number of amides is 2. The monoisotopic (exact) mass is 361 g/mol. The first-order chi connectivity index (χ1) is 12.5. The molecule has 142 valence electrons. The number of methoxy groups -OCH3 is 2. The summed E-state index contributed by atoms with van der Waals surface area (Å²) in [5.41, 5.74) is 1.01. The third-order valence-electron chi connectivity index (χ3n) is 5.27. The fraction of sp³-hybridized carbons (Fsp3) is 0.579. The lowest BCUT2D eigenvalue weighted by molar-refractivity contribution is -0.139. The van der Waals surface area contributed by atoms with Gasteiger partial charge >= 0.3 is 0 Å². The molecule has 1 atom stereocenters. The van der Waals surface area contributed by atoms with Gasteiger partial charge in [-0.25, -0.2) is 0 Å². The van der Waals surface area contributed by atoms with Crippen LogP contribution in [-0.4, -0.2) is 86.5 Å². The highest BCUT2D eigenvalue weighted by Gasteiger charge is 2.42. The number of imide groups is 1. The first-order valence-corrected chi connectivity index (χ1v) is 9.01. The van der Waals surface area contributed by atoms with E-state index < -0.39 is 0 Å². The Balaban J connectivity index is 1.61. The van der Waals surface area contributed by atoms with Crippen LogP contribution in [0.5, 0.6) is 11.5 Å². The number of nitrogens with zero attached hydrogens (tertiary/aromatic N) is 3. The Bertz CT molecular complexity index is 671. The molecule has 1 aromatic rings. The zero-order valence-corrected chi connectivity index (χ0v) is 15.7.